The molecule has 1 aromatic heterocycles. The molecule has 2 aromatic rings. The van der Waals surface area contributed by atoms with Crippen molar-refractivity contribution < 1.29 is 14.3 Å². The van der Waals surface area contributed by atoms with Gasteiger partial charge in [-0.1, -0.05) is 30.3 Å². The van der Waals surface area contributed by atoms with E-state index in [0.717, 1.165) is 12.0 Å². The maximum Gasteiger partial charge on any atom is 0.244 e. The first-order valence-corrected chi connectivity index (χ1v) is 7.30. The summed E-state index contributed by atoms with van der Waals surface area (Å²) < 4.78 is 4.91. The van der Waals surface area contributed by atoms with Crippen molar-refractivity contribution in [3.05, 3.63) is 66.1 Å². The van der Waals surface area contributed by atoms with Gasteiger partial charge in [0.25, 0.3) is 0 Å². The summed E-state index contributed by atoms with van der Waals surface area (Å²) in [5.41, 5.74) is 1.06. The Morgan fingerprint density at radius 1 is 1.32 bits per heavy atom. The molecule has 1 unspecified atom stereocenters. The van der Waals surface area contributed by atoms with E-state index in [2.05, 4.69) is 5.32 Å². The minimum absolute atomic E-state index is 0.217. The number of nitrogens with one attached hydrogen (secondary N) is 1. The highest BCUT2D eigenvalue weighted by Crippen LogP contribution is 2.13. The van der Waals surface area contributed by atoms with Crippen LogP contribution in [0.25, 0.3) is 6.08 Å². The Bertz CT molecular complexity index is 601. The van der Waals surface area contributed by atoms with E-state index >= 15 is 0 Å². The highest BCUT2D eigenvalue weighted by atomic mass is 16.3. The number of rotatable bonds is 7. The summed E-state index contributed by atoms with van der Waals surface area (Å²) in [5, 5.41) is 13.0. The average molecular weight is 299 g/mol. The zero-order chi connectivity index (χ0) is 15.8. The Hall–Kier alpha value is -2.33. The molecule has 4 heteroatoms. The molecule has 116 valence electrons. The van der Waals surface area contributed by atoms with Crippen LogP contribution in [0.3, 0.4) is 0 Å². The Morgan fingerprint density at radius 3 is 2.77 bits per heavy atom. The molecule has 22 heavy (non-hydrogen) atoms. The van der Waals surface area contributed by atoms with E-state index in [9.17, 15) is 9.90 Å². The fourth-order valence-corrected chi connectivity index (χ4v) is 2.02. The summed E-state index contributed by atoms with van der Waals surface area (Å²) in [4.78, 5) is 11.7. The molecule has 0 aliphatic carbocycles. The highest BCUT2D eigenvalue weighted by molar-refractivity contribution is 5.91. The molecule has 4 nitrogen and oxygen atoms in total. The van der Waals surface area contributed by atoms with Crippen LogP contribution in [0.5, 0.6) is 0 Å². The second-order valence-corrected chi connectivity index (χ2v) is 5.59. The maximum absolute atomic E-state index is 11.7. The fourth-order valence-electron chi connectivity index (χ4n) is 2.02. The van der Waals surface area contributed by atoms with Crippen molar-refractivity contribution in [3.63, 3.8) is 0 Å². The van der Waals surface area contributed by atoms with Gasteiger partial charge in [-0.3, -0.25) is 4.79 Å². The molecule has 0 saturated carbocycles. The first kappa shape index (κ1) is 16.0. The van der Waals surface area contributed by atoms with Crippen molar-refractivity contribution in [2.45, 2.75) is 25.4 Å². The quantitative estimate of drug-likeness (QED) is 0.773. The lowest BCUT2D eigenvalue weighted by molar-refractivity contribution is -0.117. The molecule has 2 N–H and O–H groups in total. The number of amides is 1. The molecule has 2 rings (SSSR count). The van der Waals surface area contributed by atoms with Gasteiger partial charge in [0.05, 0.1) is 18.1 Å². The molecule has 1 amide bonds. The fraction of sp³-hybridized carbons (Fsp3) is 0.278. The van der Waals surface area contributed by atoms with Crippen LogP contribution in [-0.4, -0.2) is 23.2 Å². The van der Waals surface area contributed by atoms with Crippen molar-refractivity contribution in [2.75, 3.05) is 6.54 Å². The molecule has 0 aliphatic rings. The third-order valence-corrected chi connectivity index (χ3v) is 3.41. The summed E-state index contributed by atoms with van der Waals surface area (Å²) in [7, 11) is 0. The van der Waals surface area contributed by atoms with Crippen molar-refractivity contribution in [1.82, 2.24) is 5.32 Å². The highest BCUT2D eigenvalue weighted by Gasteiger charge is 2.20. The molecule has 0 spiro atoms. The number of benzene rings is 1. The van der Waals surface area contributed by atoms with Gasteiger partial charge in [-0.15, -0.1) is 0 Å². The van der Waals surface area contributed by atoms with E-state index < -0.39 is 5.60 Å². The second-order valence-electron chi connectivity index (χ2n) is 5.59. The number of hydrogen-bond donors (Lipinski definition) is 2. The molecule has 0 bridgehead atoms. The van der Waals surface area contributed by atoms with Gasteiger partial charge in [-0.05, 0) is 37.5 Å². The van der Waals surface area contributed by atoms with Gasteiger partial charge in [-0.25, -0.2) is 0 Å². The summed E-state index contributed by atoms with van der Waals surface area (Å²) >= 11 is 0. The molecule has 1 atom stereocenters. The van der Waals surface area contributed by atoms with Crippen LogP contribution in [0.2, 0.25) is 0 Å². The van der Waals surface area contributed by atoms with Gasteiger partial charge < -0.3 is 14.8 Å². The summed E-state index contributed by atoms with van der Waals surface area (Å²) in [5.74, 6) is -0.235. The third-order valence-electron chi connectivity index (χ3n) is 3.41. The second kappa shape index (κ2) is 7.61. The van der Waals surface area contributed by atoms with Gasteiger partial charge in [0.2, 0.25) is 5.91 Å². The molecule has 0 aliphatic heterocycles. The van der Waals surface area contributed by atoms with E-state index in [1.807, 2.05) is 30.3 Å². The van der Waals surface area contributed by atoms with Gasteiger partial charge in [0.1, 0.15) is 0 Å². The van der Waals surface area contributed by atoms with Crippen LogP contribution in [0, 0.1) is 0 Å². The summed E-state index contributed by atoms with van der Waals surface area (Å²) in [6.07, 6.45) is 7.55. The topological polar surface area (TPSA) is 62.5 Å². The predicted octanol–water partition coefficient (Wildman–Crippen LogP) is 2.79. The van der Waals surface area contributed by atoms with E-state index in [4.69, 9.17) is 4.42 Å². The Balaban J connectivity index is 1.75. The van der Waals surface area contributed by atoms with E-state index in [1.165, 1.54) is 11.6 Å². The van der Waals surface area contributed by atoms with Crippen LogP contribution >= 0.6 is 0 Å². The number of hydrogen-bond acceptors (Lipinski definition) is 3. The first-order chi connectivity index (χ1) is 10.6. The molecular weight excluding hydrogens is 278 g/mol. The molecular formula is C18H21NO3. The Kier molecular flexibility index (Phi) is 5.55. The monoisotopic (exact) mass is 299 g/mol. The largest absolute Gasteiger partial charge is 0.472 e. The smallest absolute Gasteiger partial charge is 0.244 e. The van der Waals surface area contributed by atoms with Crippen LogP contribution in [0.1, 0.15) is 24.5 Å². The zero-order valence-electron chi connectivity index (χ0n) is 12.7. The summed E-state index contributed by atoms with van der Waals surface area (Å²) in [6, 6.07) is 11.7. The maximum atomic E-state index is 11.7. The third kappa shape index (κ3) is 5.58. The first-order valence-electron chi connectivity index (χ1n) is 7.30. The number of carbonyl (C=O) groups excluding carboxylic acids is 1. The van der Waals surface area contributed by atoms with Crippen molar-refractivity contribution in [1.29, 1.82) is 0 Å². The standard InChI is InChI=1S/C18H21NO3/c1-18(21,11-9-15-5-3-2-4-6-15)14-19-17(20)8-7-16-10-12-22-13-16/h2-8,10,12-13,21H,9,11,14H2,1H3,(H,19,20). The lowest BCUT2D eigenvalue weighted by Crippen LogP contribution is -2.40. The van der Waals surface area contributed by atoms with Crippen molar-refractivity contribution in [3.8, 4) is 0 Å². The average Bonchev–Trinajstić information content (AvgIpc) is 3.04. The molecule has 1 heterocycles. The lowest BCUT2D eigenvalue weighted by atomic mass is 9.97. The Morgan fingerprint density at radius 2 is 2.09 bits per heavy atom. The number of aryl methyl sites for hydroxylation is 1. The summed E-state index contributed by atoms with van der Waals surface area (Å²) in [6.45, 7) is 1.95. The molecule has 0 radical (unpaired) electrons. The van der Waals surface area contributed by atoms with Crippen molar-refractivity contribution >= 4 is 12.0 Å². The van der Waals surface area contributed by atoms with E-state index in [0.29, 0.717) is 6.42 Å². The van der Waals surface area contributed by atoms with Gasteiger partial charge in [0, 0.05) is 18.2 Å². The lowest BCUT2D eigenvalue weighted by Gasteiger charge is -2.23. The Labute approximate surface area is 130 Å². The molecule has 0 saturated heterocycles. The molecule has 1 aromatic carbocycles. The number of carbonyl (C=O) groups is 1. The normalized spacial score (nSPS) is 13.9. The minimum atomic E-state index is -0.936. The van der Waals surface area contributed by atoms with Gasteiger partial charge in [-0.2, -0.15) is 0 Å². The number of furan rings is 1. The van der Waals surface area contributed by atoms with Crippen molar-refractivity contribution in [2.24, 2.45) is 0 Å². The minimum Gasteiger partial charge on any atom is -0.472 e. The van der Waals surface area contributed by atoms with Crippen LogP contribution in [0.15, 0.2) is 59.4 Å². The number of aliphatic hydroxyl groups is 1. The zero-order valence-corrected chi connectivity index (χ0v) is 12.7. The van der Waals surface area contributed by atoms with Crippen LogP contribution in [0.4, 0.5) is 0 Å². The predicted molar refractivity (Wildman–Crippen MR) is 86.1 cm³/mol. The molecule has 0 fully saturated rings. The van der Waals surface area contributed by atoms with E-state index in [1.54, 1.807) is 31.6 Å². The SMILES string of the molecule is CC(O)(CCc1ccccc1)CNC(=O)C=Cc1ccoc1. The van der Waals surface area contributed by atoms with E-state index in [-0.39, 0.29) is 12.5 Å². The van der Waals surface area contributed by atoms with Crippen LogP contribution in [-0.2, 0) is 11.2 Å². The van der Waals surface area contributed by atoms with Crippen LogP contribution < -0.4 is 5.32 Å². The van der Waals surface area contributed by atoms with Gasteiger partial charge >= 0.3 is 0 Å². The van der Waals surface area contributed by atoms with Gasteiger partial charge in [0.15, 0.2) is 0 Å².